The van der Waals surface area contributed by atoms with Gasteiger partial charge in [0.15, 0.2) is 6.61 Å². The highest BCUT2D eigenvalue weighted by atomic mass is 35.5. The summed E-state index contributed by atoms with van der Waals surface area (Å²) in [5.74, 6) is -1.72. The number of benzene rings is 2. The molecule has 0 saturated heterocycles. The summed E-state index contributed by atoms with van der Waals surface area (Å²) in [6.45, 7) is 8.22. The average Bonchev–Trinajstić information content (AvgIpc) is 2.80. The summed E-state index contributed by atoms with van der Waals surface area (Å²) in [6.07, 6.45) is 1.97. The van der Waals surface area contributed by atoms with E-state index in [9.17, 15) is 14.4 Å². The van der Waals surface area contributed by atoms with Crippen LogP contribution in [0.2, 0.25) is 5.02 Å². The van der Waals surface area contributed by atoms with Crippen LogP contribution < -0.4 is 20.8 Å². The fourth-order valence-electron chi connectivity index (χ4n) is 2.84. The minimum atomic E-state index is -0.913. The van der Waals surface area contributed by atoms with E-state index in [0.717, 1.165) is 11.1 Å². The number of hydrazone groups is 1. The molecule has 0 fully saturated rings. The molecule has 0 unspecified atom stereocenters. The van der Waals surface area contributed by atoms with Crippen molar-refractivity contribution in [3.05, 3.63) is 58.1 Å². The van der Waals surface area contributed by atoms with Gasteiger partial charge in [0, 0.05) is 29.4 Å². The molecule has 0 aliphatic heterocycles. The van der Waals surface area contributed by atoms with E-state index >= 15 is 0 Å². The number of nitrogens with one attached hydrogen (secondary N) is 3. The molecular weight excluding hydrogens is 472 g/mol. The van der Waals surface area contributed by atoms with E-state index in [4.69, 9.17) is 21.1 Å². The van der Waals surface area contributed by atoms with Crippen LogP contribution in [0.4, 0.5) is 5.69 Å². The Morgan fingerprint density at radius 1 is 1.09 bits per heavy atom. The van der Waals surface area contributed by atoms with E-state index in [0.29, 0.717) is 41.6 Å². The highest BCUT2D eigenvalue weighted by molar-refractivity contribution is 6.35. The Hall–Kier alpha value is -3.43. The maximum absolute atomic E-state index is 12.4. The summed E-state index contributed by atoms with van der Waals surface area (Å²) in [4.78, 5) is 36.1. The van der Waals surface area contributed by atoms with Gasteiger partial charge < -0.3 is 20.1 Å². The number of carbonyl (C=O) groups is 3. The zero-order chi connectivity index (χ0) is 25.8. The van der Waals surface area contributed by atoms with Gasteiger partial charge in [-0.2, -0.15) is 5.10 Å². The number of aryl methyl sites for hydroxylation is 2. The van der Waals surface area contributed by atoms with Gasteiger partial charge in [-0.1, -0.05) is 23.7 Å². The van der Waals surface area contributed by atoms with Gasteiger partial charge in [-0.15, -0.1) is 0 Å². The molecule has 0 heterocycles. The second kappa shape index (κ2) is 14.1. The molecule has 3 N–H and O–H groups in total. The molecule has 0 atom stereocenters. The zero-order valence-corrected chi connectivity index (χ0v) is 21.1. The molecule has 188 valence electrons. The molecule has 10 heteroatoms. The maximum Gasteiger partial charge on any atom is 0.329 e. The fraction of sp³-hybridized carbons (Fsp3) is 0.360. The SMILES string of the molecule is Cc1ccc(C)c(NC(=O)COc2ccc(Cl)cc2/C=N\NC(=O)C(=O)NCCCOC(C)C)c1. The minimum Gasteiger partial charge on any atom is -0.483 e. The van der Waals surface area contributed by atoms with Crippen molar-refractivity contribution < 1.29 is 23.9 Å². The van der Waals surface area contributed by atoms with Crippen LogP contribution in [0.25, 0.3) is 0 Å². The number of rotatable bonds is 11. The third-order valence-corrected chi connectivity index (χ3v) is 4.87. The lowest BCUT2D eigenvalue weighted by Crippen LogP contribution is -2.38. The third-order valence-electron chi connectivity index (χ3n) is 4.63. The minimum absolute atomic E-state index is 0.107. The van der Waals surface area contributed by atoms with E-state index in [-0.39, 0.29) is 18.6 Å². The van der Waals surface area contributed by atoms with Crippen molar-refractivity contribution in [2.24, 2.45) is 5.10 Å². The number of hydrogen-bond donors (Lipinski definition) is 3. The lowest BCUT2D eigenvalue weighted by molar-refractivity contribution is -0.139. The van der Waals surface area contributed by atoms with Gasteiger partial charge in [-0.3, -0.25) is 14.4 Å². The first kappa shape index (κ1) is 27.8. The summed E-state index contributed by atoms with van der Waals surface area (Å²) >= 11 is 6.06. The first-order valence-electron chi connectivity index (χ1n) is 11.2. The first-order valence-corrected chi connectivity index (χ1v) is 11.6. The number of nitrogens with zero attached hydrogens (tertiary/aromatic N) is 1. The largest absolute Gasteiger partial charge is 0.483 e. The summed E-state index contributed by atoms with van der Waals surface area (Å²) < 4.78 is 11.0. The molecule has 0 bridgehead atoms. The molecule has 0 aromatic heterocycles. The number of amides is 3. The van der Waals surface area contributed by atoms with Crippen LogP contribution in [-0.2, 0) is 19.1 Å². The Labute approximate surface area is 210 Å². The van der Waals surface area contributed by atoms with Crippen LogP contribution in [0.5, 0.6) is 5.75 Å². The summed E-state index contributed by atoms with van der Waals surface area (Å²) in [5, 5.41) is 9.52. The first-order chi connectivity index (χ1) is 16.7. The number of ether oxygens (including phenoxy) is 2. The number of anilines is 1. The fourth-order valence-corrected chi connectivity index (χ4v) is 3.02. The van der Waals surface area contributed by atoms with Crippen LogP contribution in [0.3, 0.4) is 0 Å². The Kier molecular flexibility index (Phi) is 11.2. The predicted molar refractivity (Wildman–Crippen MR) is 136 cm³/mol. The number of halogens is 1. The summed E-state index contributed by atoms with van der Waals surface area (Å²) in [7, 11) is 0. The van der Waals surface area contributed by atoms with Crippen LogP contribution in [0.1, 0.15) is 37.0 Å². The molecule has 2 aromatic rings. The predicted octanol–water partition coefficient (Wildman–Crippen LogP) is 3.36. The molecule has 0 aliphatic carbocycles. The number of hydrogen-bond acceptors (Lipinski definition) is 6. The highest BCUT2D eigenvalue weighted by Crippen LogP contribution is 2.22. The quantitative estimate of drug-likeness (QED) is 0.188. The molecule has 0 aliphatic rings. The summed E-state index contributed by atoms with van der Waals surface area (Å²) in [5.41, 5.74) is 5.25. The van der Waals surface area contributed by atoms with Gasteiger partial charge in [0.05, 0.1) is 12.3 Å². The van der Waals surface area contributed by atoms with Crippen molar-refractivity contribution in [3.8, 4) is 5.75 Å². The molecule has 2 aromatic carbocycles. The van der Waals surface area contributed by atoms with Crippen molar-refractivity contribution in [2.45, 2.75) is 40.2 Å². The van der Waals surface area contributed by atoms with Crippen LogP contribution in [0, 0.1) is 13.8 Å². The van der Waals surface area contributed by atoms with E-state index in [2.05, 4.69) is 21.2 Å². The standard InChI is InChI=1S/C25H31ClN4O5/c1-16(2)34-11-5-10-27-24(32)25(33)30-28-14-19-13-20(26)8-9-22(19)35-15-23(31)29-21-12-17(3)6-7-18(21)4/h6-9,12-14,16H,5,10-11,15H2,1-4H3,(H,27,32)(H,29,31)(H,30,33)/b28-14-. The second-order valence-electron chi connectivity index (χ2n) is 8.07. The Morgan fingerprint density at radius 2 is 1.86 bits per heavy atom. The molecule has 0 saturated carbocycles. The molecular formula is C25H31ClN4O5. The summed E-state index contributed by atoms with van der Waals surface area (Å²) in [6, 6.07) is 10.5. The van der Waals surface area contributed by atoms with Crippen molar-refractivity contribution in [1.82, 2.24) is 10.7 Å². The van der Waals surface area contributed by atoms with Gasteiger partial charge in [0.25, 0.3) is 5.91 Å². The van der Waals surface area contributed by atoms with Crippen molar-refractivity contribution in [3.63, 3.8) is 0 Å². The van der Waals surface area contributed by atoms with Crippen LogP contribution in [-0.4, -0.2) is 49.8 Å². The van der Waals surface area contributed by atoms with E-state index in [1.165, 1.54) is 6.21 Å². The van der Waals surface area contributed by atoms with Gasteiger partial charge in [0.1, 0.15) is 5.75 Å². The second-order valence-corrected chi connectivity index (χ2v) is 8.50. The monoisotopic (exact) mass is 502 g/mol. The Bertz CT molecular complexity index is 1070. The topological polar surface area (TPSA) is 118 Å². The van der Waals surface area contributed by atoms with Crippen molar-refractivity contribution in [2.75, 3.05) is 25.1 Å². The smallest absolute Gasteiger partial charge is 0.329 e. The normalized spacial score (nSPS) is 10.9. The van der Waals surface area contributed by atoms with E-state index < -0.39 is 11.8 Å². The lowest BCUT2D eigenvalue weighted by Gasteiger charge is -2.12. The Morgan fingerprint density at radius 3 is 2.60 bits per heavy atom. The van der Waals surface area contributed by atoms with Crippen molar-refractivity contribution >= 4 is 41.2 Å². The zero-order valence-electron chi connectivity index (χ0n) is 20.3. The van der Waals surface area contributed by atoms with Gasteiger partial charge >= 0.3 is 11.8 Å². The highest BCUT2D eigenvalue weighted by Gasteiger charge is 2.12. The number of carbonyl (C=O) groups excluding carboxylic acids is 3. The van der Waals surface area contributed by atoms with Crippen LogP contribution >= 0.6 is 11.6 Å². The van der Waals surface area contributed by atoms with E-state index in [1.807, 2.05) is 45.9 Å². The van der Waals surface area contributed by atoms with E-state index in [1.54, 1.807) is 18.2 Å². The molecule has 35 heavy (non-hydrogen) atoms. The average molecular weight is 503 g/mol. The van der Waals surface area contributed by atoms with Gasteiger partial charge in [0.2, 0.25) is 0 Å². The Balaban J connectivity index is 1.88. The molecule has 0 spiro atoms. The molecule has 2 rings (SSSR count). The maximum atomic E-state index is 12.4. The van der Waals surface area contributed by atoms with Crippen LogP contribution in [0.15, 0.2) is 41.5 Å². The van der Waals surface area contributed by atoms with Gasteiger partial charge in [-0.25, -0.2) is 5.43 Å². The molecule has 3 amide bonds. The van der Waals surface area contributed by atoms with Gasteiger partial charge in [-0.05, 0) is 69.5 Å². The lowest BCUT2D eigenvalue weighted by atomic mass is 10.1. The third kappa shape index (κ3) is 10.2. The van der Waals surface area contributed by atoms with Crippen molar-refractivity contribution in [1.29, 1.82) is 0 Å². The molecule has 0 radical (unpaired) electrons. The molecule has 9 nitrogen and oxygen atoms in total.